The topological polar surface area (TPSA) is 111 Å². The number of hydrogen-bond donors (Lipinski definition) is 2. The van der Waals surface area contributed by atoms with E-state index in [0.717, 1.165) is 22.8 Å². The summed E-state index contributed by atoms with van der Waals surface area (Å²) >= 11 is 0. The average Bonchev–Trinajstić information content (AvgIpc) is 3.37. The molecule has 14 heteroatoms. The Kier molecular flexibility index (Phi) is 5.45. The maximum Gasteiger partial charge on any atom is 0.416 e. The van der Waals surface area contributed by atoms with Gasteiger partial charge in [-0.2, -0.15) is 35.7 Å². The zero-order chi connectivity index (χ0) is 21.7. The number of alkyl halides is 3. The molecule has 1 heterocycles. The third kappa shape index (κ3) is 4.12. The fourth-order valence-electron chi connectivity index (χ4n) is 2.77. The van der Waals surface area contributed by atoms with Gasteiger partial charge >= 0.3 is 16.4 Å². The molecule has 1 aromatic carbocycles. The Bertz CT molecular complexity index is 1010. The van der Waals surface area contributed by atoms with Crippen LogP contribution in [0.15, 0.2) is 29.3 Å². The van der Waals surface area contributed by atoms with E-state index in [4.69, 9.17) is 0 Å². The zero-order valence-corrected chi connectivity index (χ0v) is 17.1. The second kappa shape index (κ2) is 7.19. The average molecular weight is 455 g/mol. The fourth-order valence-corrected chi connectivity index (χ4v) is 5.25. The van der Waals surface area contributed by atoms with Crippen LogP contribution in [0.1, 0.15) is 24.0 Å². The van der Waals surface area contributed by atoms with Crippen LogP contribution in [0.4, 0.5) is 13.2 Å². The Morgan fingerprint density at radius 1 is 1.21 bits per heavy atom. The molecule has 0 saturated heterocycles. The summed E-state index contributed by atoms with van der Waals surface area (Å²) in [5, 5.41) is 0. The lowest BCUT2D eigenvalue weighted by atomic mass is 10.1. The van der Waals surface area contributed by atoms with E-state index >= 15 is 0 Å². The van der Waals surface area contributed by atoms with Crippen molar-refractivity contribution < 1.29 is 30.0 Å². The molecule has 1 fully saturated rings. The summed E-state index contributed by atoms with van der Waals surface area (Å²) < 4.78 is 92.3. The number of hydrogen-bond acceptors (Lipinski definition) is 6. The molecule has 9 nitrogen and oxygen atoms in total. The van der Waals surface area contributed by atoms with Crippen molar-refractivity contribution in [3.8, 4) is 0 Å². The van der Waals surface area contributed by atoms with Crippen LogP contribution >= 0.6 is 0 Å². The highest BCUT2D eigenvalue weighted by molar-refractivity contribution is 7.91. The van der Waals surface area contributed by atoms with Gasteiger partial charge in [-0.3, -0.25) is 0 Å². The van der Waals surface area contributed by atoms with Gasteiger partial charge in [-0.25, -0.2) is 18.1 Å². The number of nitrogens with one attached hydrogen (secondary N) is 2. The van der Waals surface area contributed by atoms with Gasteiger partial charge in [-0.1, -0.05) is 12.1 Å². The smallest absolute Gasteiger partial charge is 0.232 e. The highest BCUT2D eigenvalue weighted by Crippen LogP contribution is 2.45. The molecule has 3 rings (SSSR count). The Hall–Kier alpha value is -1.74. The van der Waals surface area contributed by atoms with Gasteiger partial charge in [0.05, 0.1) is 5.56 Å². The van der Waals surface area contributed by atoms with Crippen LogP contribution in [0.3, 0.4) is 0 Å². The molecule has 0 aromatic heterocycles. The Morgan fingerprint density at radius 3 is 2.28 bits per heavy atom. The van der Waals surface area contributed by atoms with Crippen molar-refractivity contribution in [1.29, 1.82) is 0 Å². The quantitative estimate of drug-likeness (QED) is 0.633. The van der Waals surface area contributed by atoms with Crippen molar-refractivity contribution in [2.75, 3.05) is 14.1 Å². The molecule has 1 aliphatic carbocycles. The first-order valence-electron chi connectivity index (χ1n) is 8.50. The van der Waals surface area contributed by atoms with Crippen molar-refractivity contribution >= 4 is 26.6 Å². The number of aliphatic imine (C=N–C) groups is 1. The van der Waals surface area contributed by atoms with Crippen LogP contribution in [-0.2, 0) is 33.0 Å². The predicted molar refractivity (Wildman–Crippen MR) is 98.7 cm³/mol. The monoisotopic (exact) mass is 455 g/mol. The minimum Gasteiger partial charge on any atom is -0.232 e. The molecule has 162 valence electrons. The van der Waals surface area contributed by atoms with E-state index < -0.39 is 42.9 Å². The van der Waals surface area contributed by atoms with Crippen LogP contribution < -0.4 is 10.1 Å². The molecule has 29 heavy (non-hydrogen) atoms. The van der Waals surface area contributed by atoms with Gasteiger partial charge in [0.2, 0.25) is 4.99 Å². The molecule has 1 aliphatic heterocycles. The summed E-state index contributed by atoms with van der Waals surface area (Å²) in [6.45, 7) is -0.271. The Labute approximate surface area is 166 Å². The first kappa shape index (κ1) is 22.0. The van der Waals surface area contributed by atoms with E-state index in [1.807, 2.05) is 0 Å². The van der Waals surface area contributed by atoms with E-state index in [0.29, 0.717) is 22.8 Å². The maximum atomic E-state index is 13.0. The van der Waals surface area contributed by atoms with E-state index in [2.05, 4.69) is 15.1 Å². The molecule has 1 unspecified atom stereocenters. The second-order valence-corrected chi connectivity index (χ2v) is 10.9. The number of nitrogens with zero attached hydrogens (tertiary/aromatic N) is 3. The van der Waals surface area contributed by atoms with Crippen molar-refractivity contribution in [1.82, 2.24) is 18.9 Å². The summed E-state index contributed by atoms with van der Waals surface area (Å²) in [6.07, 6.45) is -2.52. The third-order valence-electron chi connectivity index (χ3n) is 4.62. The Morgan fingerprint density at radius 2 is 1.79 bits per heavy atom. The van der Waals surface area contributed by atoms with Crippen LogP contribution in [0.2, 0.25) is 0 Å². The molecule has 0 spiro atoms. The van der Waals surface area contributed by atoms with E-state index in [-0.39, 0.29) is 6.54 Å². The summed E-state index contributed by atoms with van der Waals surface area (Å²) in [4.78, 5) is 2.07. The normalized spacial score (nSPS) is 23.2. The lowest BCUT2D eigenvalue weighted by Gasteiger charge is -2.29. The first-order chi connectivity index (χ1) is 13.3. The van der Waals surface area contributed by atoms with E-state index in [1.54, 1.807) is 0 Å². The van der Waals surface area contributed by atoms with Gasteiger partial charge in [0, 0.05) is 26.6 Å². The van der Waals surface area contributed by atoms with Crippen molar-refractivity contribution in [3.63, 3.8) is 0 Å². The number of benzene rings is 1. The van der Waals surface area contributed by atoms with Gasteiger partial charge in [-0.05, 0) is 30.5 Å². The van der Waals surface area contributed by atoms with Crippen LogP contribution in [0.5, 0.6) is 0 Å². The lowest BCUT2D eigenvalue weighted by Crippen LogP contribution is -2.59. The molecule has 0 radical (unpaired) electrons. The van der Waals surface area contributed by atoms with E-state index in [1.165, 1.54) is 26.2 Å². The highest BCUT2D eigenvalue weighted by Gasteiger charge is 2.59. The fraction of sp³-hybridized carbons (Fsp3) is 0.533. The minimum atomic E-state index is -4.49. The molecular weight excluding hydrogens is 435 g/mol. The number of halogens is 3. The Balaban J connectivity index is 1.78. The molecule has 0 bridgehead atoms. The zero-order valence-electron chi connectivity index (χ0n) is 15.5. The number of rotatable bonds is 7. The van der Waals surface area contributed by atoms with E-state index in [9.17, 15) is 30.0 Å². The maximum absolute atomic E-state index is 13.0. The number of hydrazine groups is 1. The molecule has 1 aromatic rings. The minimum absolute atomic E-state index is 0.271. The third-order valence-corrected chi connectivity index (χ3v) is 8.10. The number of sulfonamides is 1. The molecule has 1 atom stereocenters. The summed E-state index contributed by atoms with van der Waals surface area (Å²) in [5.74, 6) is -0.439. The van der Waals surface area contributed by atoms with Crippen molar-refractivity contribution in [2.45, 2.75) is 30.6 Å². The van der Waals surface area contributed by atoms with Gasteiger partial charge in [0.15, 0.2) is 0 Å². The van der Waals surface area contributed by atoms with Gasteiger partial charge in [-0.15, -0.1) is 0 Å². The van der Waals surface area contributed by atoms with Gasteiger partial charge in [0.25, 0.3) is 10.0 Å². The molecule has 2 aliphatic rings. The lowest BCUT2D eigenvalue weighted by molar-refractivity contribution is -0.137. The largest absolute Gasteiger partial charge is 0.416 e. The summed E-state index contributed by atoms with van der Waals surface area (Å²) in [5.41, 5.74) is 1.95. The van der Waals surface area contributed by atoms with Crippen LogP contribution in [0.25, 0.3) is 0 Å². The molecule has 2 N–H and O–H groups in total. The molecule has 1 saturated carbocycles. The highest BCUT2D eigenvalue weighted by atomic mass is 32.2. The van der Waals surface area contributed by atoms with Crippen LogP contribution in [0, 0.1) is 5.92 Å². The SMILES string of the molecule is CN(C)S(=O)(=O)N1C=NC(C2CC2)(S(=O)(=O)NCc2ccc(C(F)(F)F)cc2)N1. The molecular formula is C15H20F3N5O4S2. The summed E-state index contributed by atoms with van der Waals surface area (Å²) in [6, 6.07) is 4.06. The van der Waals surface area contributed by atoms with Crippen molar-refractivity contribution in [3.05, 3.63) is 35.4 Å². The standard InChI is InChI=1S/C15H20F3N5O4S2/c1-22(2)29(26,27)23-10-19-15(21-23,13-7-8-13)28(24,25)20-9-11-3-5-12(6-4-11)14(16,17)18/h3-6,10,13,20-21H,7-9H2,1-2H3. The first-order valence-corrected chi connectivity index (χ1v) is 11.4. The second-order valence-electron chi connectivity index (χ2n) is 6.93. The van der Waals surface area contributed by atoms with Gasteiger partial charge in [0.1, 0.15) is 6.34 Å². The van der Waals surface area contributed by atoms with Gasteiger partial charge < -0.3 is 0 Å². The predicted octanol–water partition coefficient (Wildman–Crippen LogP) is 0.844. The van der Waals surface area contributed by atoms with Crippen LogP contribution in [-0.4, -0.2) is 51.0 Å². The van der Waals surface area contributed by atoms with Crippen molar-refractivity contribution in [2.24, 2.45) is 10.9 Å². The molecule has 0 amide bonds. The summed E-state index contributed by atoms with van der Waals surface area (Å²) in [7, 11) is -5.63.